The van der Waals surface area contributed by atoms with Crippen LogP contribution in [-0.4, -0.2) is 49.4 Å². The lowest BCUT2D eigenvalue weighted by molar-refractivity contribution is -0.434. The molecule has 0 aliphatic heterocycles. The third-order valence-electron chi connectivity index (χ3n) is 4.61. The number of rotatable bonds is 13. The van der Waals surface area contributed by atoms with E-state index in [9.17, 15) is 26.5 Å². The molecule has 0 aliphatic rings. The molecule has 3 aromatic rings. The average molecular weight is 612 g/mol. The molecule has 0 atom stereocenters. The smallest absolute Gasteiger partial charge is 0.296 e. The predicted molar refractivity (Wildman–Crippen MR) is 132 cm³/mol. The minimum atomic E-state index is -4.82. The Hall–Kier alpha value is -2.60. The number of nitrogen functional groups attached to an aromatic ring is 1. The van der Waals surface area contributed by atoms with Crippen LogP contribution in [0.15, 0.2) is 67.4 Å². The molecule has 0 amide bonds. The average Bonchev–Trinajstić information content (AvgIpc) is 2.86. The molecule has 0 unspecified atom stereocenters. The second kappa shape index (κ2) is 13.0. The standard InChI is InChI=1S/C18H17N3O13S4/c19-17-15(38(27,28)29)8-10-7-12(35-33-31-23)9-14(22)16(10)18(17)21-20-11-1-3-13(4-2-11)37(25,26)6-5-30-36-34-32-24/h1-4,7-9,22-24H,5-6,19H2,(H,27,28,29). The summed E-state index contributed by atoms with van der Waals surface area (Å²) in [6.45, 7) is -0.281. The van der Waals surface area contributed by atoms with Crippen molar-refractivity contribution in [2.24, 2.45) is 10.2 Å². The normalized spacial score (nSPS) is 12.5. The number of azo groups is 1. The first-order valence-electron chi connectivity index (χ1n) is 9.70. The van der Waals surface area contributed by atoms with Gasteiger partial charge in [-0.2, -0.15) is 13.5 Å². The third kappa shape index (κ3) is 7.49. The van der Waals surface area contributed by atoms with E-state index in [0.29, 0.717) is 12.0 Å². The van der Waals surface area contributed by atoms with Crippen molar-refractivity contribution >= 4 is 72.2 Å². The van der Waals surface area contributed by atoms with Gasteiger partial charge in [-0.3, -0.25) is 8.74 Å². The van der Waals surface area contributed by atoms with Gasteiger partial charge in [-0.05, 0) is 47.9 Å². The number of nitrogens with zero attached hydrogens (tertiary/aromatic N) is 2. The molecule has 0 saturated carbocycles. The lowest BCUT2D eigenvalue weighted by atomic mass is 10.1. The van der Waals surface area contributed by atoms with Crippen LogP contribution in [0.2, 0.25) is 0 Å². The summed E-state index contributed by atoms with van der Waals surface area (Å²) in [6, 6.07) is 8.60. The van der Waals surface area contributed by atoms with Crippen molar-refractivity contribution in [3.8, 4) is 5.75 Å². The second-order valence-corrected chi connectivity index (χ2v) is 11.7. The van der Waals surface area contributed by atoms with Gasteiger partial charge in [-0.1, -0.05) is 10.1 Å². The van der Waals surface area contributed by atoms with Crippen molar-refractivity contribution in [1.29, 1.82) is 0 Å². The first kappa shape index (κ1) is 29.9. The quantitative estimate of drug-likeness (QED) is 0.0348. The maximum Gasteiger partial charge on any atom is 0.296 e. The highest BCUT2D eigenvalue weighted by Gasteiger charge is 2.22. The van der Waals surface area contributed by atoms with E-state index in [-0.39, 0.29) is 50.9 Å². The highest BCUT2D eigenvalue weighted by molar-refractivity contribution is 7.94. The largest absolute Gasteiger partial charge is 0.507 e. The molecule has 3 rings (SSSR count). The topological polar surface area (TPSA) is 246 Å². The molecule has 38 heavy (non-hydrogen) atoms. The molecule has 16 nitrogen and oxygen atoms in total. The maximum atomic E-state index is 12.4. The van der Waals surface area contributed by atoms with Crippen molar-refractivity contribution in [2.45, 2.75) is 14.7 Å². The molecule has 0 bridgehead atoms. The Morgan fingerprint density at radius 2 is 1.63 bits per heavy atom. The SMILES string of the molecule is Nc1c(S(=O)(=O)O)cc2cc(SOOO)cc(O)c2c1N=Nc1ccc(S(=O)(=O)CCOSOOO)cc1. The van der Waals surface area contributed by atoms with Gasteiger partial charge in [-0.25, -0.2) is 18.9 Å². The van der Waals surface area contributed by atoms with Crippen LogP contribution in [0, 0.1) is 0 Å². The number of fused-ring (bicyclic) bond motifs is 1. The number of hydrogen-bond acceptors (Lipinski definition) is 17. The molecule has 0 radical (unpaired) electrons. The fourth-order valence-electron chi connectivity index (χ4n) is 3.04. The number of nitrogens with two attached hydrogens (primary N) is 1. The Kier molecular flexibility index (Phi) is 10.2. The molecule has 6 N–H and O–H groups in total. The molecule has 3 aromatic carbocycles. The number of hydrogen-bond donors (Lipinski definition) is 5. The molecule has 20 heteroatoms. The van der Waals surface area contributed by atoms with Crippen molar-refractivity contribution < 1.29 is 59.9 Å². The van der Waals surface area contributed by atoms with E-state index in [1.165, 1.54) is 36.4 Å². The fraction of sp³-hybridized carbons (Fsp3) is 0.111. The fourth-order valence-corrected chi connectivity index (χ4v) is 5.54. The van der Waals surface area contributed by atoms with Crippen molar-refractivity contribution in [3.05, 3.63) is 42.5 Å². The summed E-state index contributed by atoms with van der Waals surface area (Å²) in [7, 11) is -8.58. The lowest BCUT2D eigenvalue weighted by Crippen LogP contribution is -2.10. The van der Waals surface area contributed by atoms with E-state index >= 15 is 0 Å². The summed E-state index contributed by atoms with van der Waals surface area (Å²) >= 11 is 0.722. The minimum Gasteiger partial charge on any atom is -0.507 e. The zero-order chi connectivity index (χ0) is 27.9. The third-order valence-corrected chi connectivity index (χ3v) is 8.13. The van der Waals surface area contributed by atoms with Gasteiger partial charge in [-0.15, -0.1) is 13.8 Å². The van der Waals surface area contributed by atoms with Gasteiger partial charge in [0.2, 0.25) is 0 Å². The van der Waals surface area contributed by atoms with Crippen LogP contribution in [0.3, 0.4) is 0 Å². The second-order valence-electron chi connectivity index (χ2n) is 6.92. The summed E-state index contributed by atoms with van der Waals surface area (Å²) in [5.41, 5.74) is 5.25. The molecular formula is C18H17N3O13S4. The monoisotopic (exact) mass is 611 g/mol. The Morgan fingerprint density at radius 1 is 0.947 bits per heavy atom. The van der Waals surface area contributed by atoms with Crippen LogP contribution in [0.4, 0.5) is 17.1 Å². The van der Waals surface area contributed by atoms with E-state index in [1.54, 1.807) is 0 Å². The number of phenolic OH excluding ortho intramolecular Hbond substituents is 1. The molecule has 0 fully saturated rings. The van der Waals surface area contributed by atoms with Crippen LogP contribution in [0.1, 0.15) is 0 Å². The predicted octanol–water partition coefficient (Wildman–Crippen LogP) is 3.99. The number of anilines is 1. The summed E-state index contributed by atoms with van der Waals surface area (Å²) in [5.74, 6) is -0.845. The van der Waals surface area contributed by atoms with Crippen LogP contribution in [0.25, 0.3) is 10.8 Å². The summed E-state index contributed by atoms with van der Waals surface area (Å²) in [5, 5.41) is 41.6. The van der Waals surface area contributed by atoms with E-state index in [2.05, 4.69) is 29.0 Å². The Bertz CT molecular complexity index is 1530. The Balaban J connectivity index is 1.95. The van der Waals surface area contributed by atoms with E-state index in [1.807, 2.05) is 0 Å². The molecule has 0 saturated heterocycles. The first-order chi connectivity index (χ1) is 18.0. The number of phenols is 1. The van der Waals surface area contributed by atoms with E-state index in [0.717, 1.165) is 6.07 Å². The molecule has 0 heterocycles. The van der Waals surface area contributed by atoms with Crippen molar-refractivity contribution in [3.63, 3.8) is 0 Å². The summed E-state index contributed by atoms with van der Waals surface area (Å²) < 4.78 is 71.2. The highest BCUT2D eigenvalue weighted by Crippen LogP contribution is 2.44. The zero-order valence-electron chi connectivity index (χ0n) is 18.5. The highest BCUT2D eigenvalue weighted by atomic mass is 32.2. The zero-order valence-corrected chi connectivity index (χ0v) is 21.8. The van der Waals surface area contributed by atoms with Gasteiger partial charge in [0.05, 0.1) is 46.1 Å². The van der Waals surface area contributed by atoms with E-state index < -0.39 is 42.0 Å². The molecule has 0 spiro atoms. The number of benzene rings is 3. The summed E-state index contributed by atoms with van der Waals surface area (Å²) in [6.07, 6.45) is 0. The summed E-state index contributed by atoms with van der Waals surface area (Å²) in [4.78, 5) is -0.606. The molecule has 0 aromatic heterocycles. The van der Waals surface area contributed by atoms with E-state index in [4.69, 9.17) is 20.4 Å². The van der Waals surface area contributed by atoms with Gasteiger partial charge in [0, 0.05) is 4.90 Å². The molecule has 0 aliphatic carbocycles. The van der Waals surface area contributed by atoms with Gasteiger partial charge in [0.1, 0.15) is 16.3 Å². The number of aromatic hydroxyl groups is 1. The van der Waals surface area contributed by atoms with Gasteiger partial charge < -0.3 is 10.8 Å². The number of sulfone groups is 1. The Morgan fingerprint density at radius 3 is 2.26 bits per heavy atom. The Labute approximate surface area is 222 Å². The first-order valence-corrected chi connectivity index (χ1v) is 14.2. The van der Waals surface area contributed by atoms with Gasteiger partial charge >= 0.3 is 0 Å². The maximum absolute atomic E-state index is 12.4. The lowest BCUT2D eigenvalue weighted by Gasteiger charge is -2.12. The van der Waals surface area contributed by atoms with Crippen LogP contribution in [0.5, 0.6) is 5.75 Å². The van der Waals surface area contributed by atoms with Crippen molar-refractivity contribution in [2.75, 3.05) is 18.1 Å². The van der Waals surface area contributed by atoms with Crippen LogP contribution < -0.4 is 5.73 Å². The minimum absolute atomic E-state index is 0.0273. The van der Waals surface area contributed by atoms with Gasteiger partial charge in [0.15, 0.2) is 22.2 Å². The van der Waals surface area contributed by atoms with Crippen LogP contribution in [-0.2, 0) is 42.9 Å². The molecular weight excluding hydrogens is 594 g/mol. The van der Waals surface area contributed by atoms with Crippen LogP contribution >= 0.6 is 24.4 Å². The van der Waals surface area contributed by atoms with Crippen molar-refractivity contribution in [1.82, 2.24) is 0 Å². The van der Waals surface area contributed by atoms with Gasteiger partial charge in [0.25, 0.3) is 10.1 Å². The molecule has 206 valence electrons.